The van der Waals surface area contributed by atoms with Crippen LogP contribution in [-0.4, -0.2) is 29.3 Å². The first-order valence-electron chi connectivity index (χ1n) is 5.48. The van der Waals surface area contributed by atoms with E-state index in [9.17, 15) is 4.79 Å². The molecule has 1 aromatic heterocycles. The van der Waals surface area contributed by atoms with Gasteiger partial charge in [-0.1, -0.05) is 0 Å². The fourth-order valence-electron chi connectivity index (χ4n) is 1.68. The highest BCUT2D eigenvalue weighted by atomic mass is 16.1. The number of nitrogens with zero attached hydrogens (tertiary/aromatic N) is 2. The highest BCUT2D eigenvalue weighted by molar-refractivity contribution is 5.75. The highest BCUT2D eigenvalue weighted by Gasteiger charge is 2.11. The minimum absolute atomic E-state index is 0.0580. The van der Waals surface area contributed by atoms with Gasteiger partial charge in [-0.3, -0.25) is 9.48 Å². The molecule has 5 nitrogen and oxygen atoms in total. The van der Waals surface area contributed by atoms with Crippen molar-refractivity contribution in [1.82, 2.24) is 20.4 Å². The molecule has 0 aliphatic rings. The number of nitrogens with one attached hydrogen (secondary N) is 2. The smallest absolute Gasteiger partial charge is 0.221 e. The monoisotopic (exact) mass is 224 g/mol. The maximum absolute atomic E-state index is 11.0. The number of hydrogen-bond acceptors (Lipinski definition) is 3. The molecule has 1 unspecified atom stereocenters. The summed E-state index contributed by atoms with van der Waals surface area (Å²) in [6, 6.07) is 0.221. The maximum atomic E-state index is 11.0. The molecule has 1 rings (SSSR count). The van der Waals surface area contributed by atoms with E-state index < -0.39 is 0 Å². The van der Waals surface area contributed by atoms with Crippen LogP contribution >= 0.6 is 0 Å². The summed E-state index contributed by atoms with van der Waals surface area (Å²) < 4.78 is 1.81. The first kappa shape index (κ1) is 12.7. The molecule has 0 fully saturated rings. The summed E-state index contributed by atoms with van der Waals surface area (Å²) >= 11 is 0. The molecule has 0 aliphatic heterocycles. The molecule has 0 aliphatic carbocycles. The van der Waals surface area contributed by atoms with E-state index in [0.717, 1.165) is 5.69 Å². The molecule has 5 heteroatoms. The number of carbonyl (C=O) groups excluding carboxylic acids is 1. The molecule has 1 aromatic rings. The second-order valence-electron chi connectivity index (χ2n) is 3.94. The van der Waals surface area contributed by atoms with Crippen LogP contribution in [0, 0.1) is 6.92 Å². The summed E-state index contributed by atoms with van der Waals surface area (Å²) in [6.45, 7) is 4.75. The Morgan fingerprint density at radius 2 is 2.31 bits per heavy atom. The highest BCUT2D eigenvalue weighted by Crippen LogP contribution is 2.14. The van der Waals surface area contributed by atoms with Gasteiger partial charge in [0.15, 0.2) is 0 Å². The summed E-state index contributed by atoms with van der Waals surface area (Å²) in [5, 5.41) is 10.2. The second-order valence-corrected chi connectivity index (χ2v) is 3.94. The zero-order valence-electron chi connectivity index (χ0n) is 10.4. The third kappa shape index (κ3) is 3.34. The number of aromatic nitrogens is 2. The van der Waals surface area contributed by atoms with Crippen LogP contribution in [0.1, 0.15) is 30.6 Å². The van der Waals surface area contributed by atoms with E-state index in [0.29, 0.717) is 13.0 Å². The largest absolute Gasteiger partial charge is 0.359 e. The van der Waals surface area contributed by atoms with Gasteiger partial charge in [-0.2, -0.15) is 5.10 Å². The average molecular weight is 224 g/mol. The van der Waals surface area contributed by atoms with E-state index in [-0.39, 0.29) is 11.9 Å². The molecule has 0 aromatic carbocycles. The molecular formula is C11H20N4O. The van der Waals surface area contributed by atoms with E-state index >= 15 is 0 Å². The summed E-state index contributed by atoms with van der Waals surface area (Å²) in [5.41, 5.74) is 2.21. The van der Waals surface area contributed by atoms with Crippen molar-refractivity contribution in [2.24, 2.45) is 7.05 Å². The minimum atomic E-state index is 0.0580. The Bertz CT molecular complexity index is 359. The Kier molecular flexibility index (Phi) is 4.49. The predicted molar refractivity (Wildman–Crippen MR) is 63.0 cm³/mol. The van der Waals surface area contributed by atoms with Gasteiger partial charge < -0.3 is 10.6 Å². The van der Waals surface area contributed by atoms with Crippen molar-refractivity contribution < 1.29 is 4.79 Å². The van der Waals surface area contributed by atoms with Gasteiger partial charge in [-0.15, -0.1) is 0 Å². The Morgan fingerprint density at radius 3 is 2.81 bits per heavy atom. The van der Waals surface area contributed by atoms with Crippen LogP contribution < -0.4 is 10.6 Å². The van der Waals surface area contributed by atoms with E-state index in [1.54, 1.807) is 7.05 Å². The van der Waals surface area contributed by atoms with Crippen molar-refractivity contribution >= 4 is 5.91 Å². The lowest BCUT2D eigenvalue weighted by Crippen LogP contribution is -2.26. The van der Waals surface area contributed by atoms with Gasteiger partial charge in [-0.25, -0.2) is 0 Å². The SMILES string of the molecule is CNC(=O)CCNC(C)c1cn(C)nc1C. The maximum Gasteiger partial charge on any atom is 0.221 e. The third-order valence-corrected chi connectivity index (χ3v) is 2.60. The van der Waals surface area contributed by atoms with Crippen LogP contribution in [0.4, 0.5) is 0 Å². The van der Waals surface area contributed by atoms with Crippen LogP contribution in [0.15, 0.2) is 6.20 Å². The van der Waals surface area contributed by atoms with Crippen molar-refractivity contribution in [1.29, 1.82) is 0 Å². The number of carbonyl (C=O) groups is 1. The topological polar surface area (TPSA) is 59.0 Å². The van der Waals surface area contributed by atoms with E-state index in [4.69, 9.17) is 0 Å². The number of aryl methyl sites for hydroxylation is 2. The van der Waals surface area contributed by atoms with Crippen molar-refractivity contribution in [2.75, 3.05) is 13.6 Å². The number of hydrogen-bond donors (Lipinski definition) is 2. The molecule has 0 radical (unpaired) electrons. The first-order valence-corrected chi connectivity index (χ1v) is 5.48. The van der Waals surface area contributed by atoms with Crippen LogP contribution in [0.3, 0.4) is 0 Å². The zero-order chi connectivity index (χ0) is 12.1. The standard InChI is InChI=1S/C11H20N4O/c1-8(13-6-5-11(16)12-3)10-7-15(4)14-9(10)2/h7-8,13H,5-6H2,1-4H3,(H,12,16). The van der Waals surface area contributed by atoms with Gasteiger partial charge in [0.05, 0.1) is 5.69 Å². The fraction of sp³-hybridized carbons (Fsp3) is 0.636. The van der Waals surface area contributed by atoms with Crippen LogP contribution in [0.25, 0.3) is 0 Å². The fourth-order valence-corrected chi connectivity index (χ4v) is 1.68. The van der Waals surface area contributed by atoms with Gasteiger partial charge in [0.1, 0.15) is 0 Å². The predicted octanol–water partition coefficient (Wildman–Crippen LogP) is 0.515. The van der Waals surface area contributed by atoms with E-state index in [2.05, 4.69) is 22.7 Å². The minimum Gasteiger partial charge on any atom is -0.359 e. The molecule has 0 spiro atoms. The molecule has 1 heterocycles. The van der Waals surface area contributed by atoms with Crippen molar-refractivity contribution in [3.05, 3.63) is 17.5 Å². The van der Waals surface area contributed by atoms with Crippen LogP contribution in [-0.2, 0) is 11.8 Å². The molecule has 0 saturated heterocycles. The van der Waals surface area contributed by atoms with E-state index in [1.165, 1.54) is 5.56 Å². The van der Waals surface area contributed by atoms with Gasteiger partial charge in [0.25, 0.3) is 0 Å². The quantitative estimate of drug-likeness (QED) is 0.766. The van der Waals surface area contributed by atoms with Gasteiger partial charge in [-0.05, 0) is 13.8 Å². The molecular weight excluding hydrogens is 204 g/mol. The summed E-state index contributed by atoms with van der Waals surface area (Å²) in [7, 11) is 3.56. The van der Waals surface area contributed by atoms with Crippen LogP contribution in [0.2, 0.25) is 0 Å². The van der Waals surface area contributed by atoms with Crippen LogP contribution in [0.5, 0.6) is 0 Å². The molecule has 90 valence electrons. The lowest BCUT2D eigenvalue weighted by atomic mass is 10.1. The normalized spacial score (nSPS) is 12.5. The summed E-state index contributed by atoms with van der Waals surface area (Å²) in [5.74, 6) is 0.0580. The van der Waals surface area contributed by atoms with Gasteiger partial charge >= 0.3 is 0 Å². The zero-order valence-corrected chi connectivity index (χ0v) is 10.4. The number of rotatable bonds is 5. The molecule has 16 heavy (non-hydrogen) atoms. The Labute approximate surface area is 96.2 Å². The van der Waals surface area contributed by atoms with Crippen molar-refractivity contribution in [3.8, 4) is 0 Å². The Hall–Kier alpha value is -1.36. The number of amides is 1. The summed E-state index contributed by atoms with van der Waals surface area (Å²) in [6.07, 6.45) is 2.51. The lowest BCUT2D eigenvalue weighted by Gasteiger charge is -2.12. The molecule has 0 saturated carbocycles. The Balaban J connectivity index is 2.43. The molecule has 1 amide bonds. The van der Waals surface area contributed by atoms with Gasteiger partial charge in [0, 0.05) is 44.9 Å². The van der Waals surface area contributed by atoms with Crippen molar-refractivity contribution in [3.63, 3.8) is 0 Å². The molecule has 0 bridgehead atoms. The average Bonchev–Trinajstić information content (AvgIpc) is 2.57. The van der Waals surface area contributed by atoms with E-state index in [1.807, 2.05) is 24.9 Å². The second kappa shape index (κ2) is 5.65. The molecule has 2 N–H and O–H groups in total. The lowest BCUT2D eigenvalue weighted by molar-refractivity contribution is -0.120. The first-order chi connectivity index (χ1) is 7.54. The van der Waals surface area contributed by atoms with Gasteiger partial charge in [0.2, 0.25) is 5.91 Å². The summed E-state index contributed by atoms with van der Waals surface area (Å²) in [4.78, 5) is 11.0. The van der Waals surface area contributed by atoms with Crippen molar-refractivity contribution in [2.45, 2.75) is 26.3 Å². The Morgan fingerprint density at radius 1 is 1.62 bits per heavy atom. The molecule has 1 atom stereocenters. The third-order valence-electron chi connectivity index (χ3n) is 2.60.